The lowest BCUT2D eigenvalue weighted by Crippen LogP contribution is -2.05. The number of aromatic amines is 1. The lowest BCUT2D eigenvalue weighted by Gasteiger charge is -2.12. The fraction of sp³-hybridized carbons (Fsp3) is 0.0833. The first kappa shape index (κ1) is 18.0. The second-order valence-electron chi connectivity index (χ2n) is 7.08. The van der Waals surface area contributed by atoms with E-state index in [-0.39, 0.29) is 0 Å². The standard InChI is InChI=1S/C24H20N6/c1-16-5-3-11-27-23(16)24-29-21(18-7-4-10-25-14-18)13-22(30-24)28-15-17-6-2-8-20-19(17)9-12-26-20/h2-14,26H,15H2,1H3,(H,28,29,30). The number of hydrogen-bond acceptors (Lipinski definition) is 5. The molecular weight excluding hydrogens is 372 g/mol. The molecule has 0 aliphatic heterocycles. The minimum atomic E-state index is 0.594. The van der Waals surface area contributed by atoms with Gasteiger partial charge in [0.1, 0.15) is 11.5 Å². The van der Waals surface area contributed by atoms with E-state index in [4.69, 9.17) is 9.97 Å². The van der Waals surface area contributed by atoms with Crippen molar-refractivity contribution in [3.63, 3.8) is 0 Å². The molecule has 146 valence electrons. The van der Waals surface area contributed by atoms with Gasteiger partial charge in [0.2, 0.25) is 0 Å². The Morgan fingerprint density at radius 1 is 0.967 bits per heavy atom. The highest BCUT2D eigenvalue weighted by molar-refractivity contribution is 5.83. The highest BCUT2D eigenvalue weighted by atomic mass is 15.0. The van der Waals surface area contributed by atoms with Gasteiger partial charge in [0.25, 0.3) is 0 Å². The van der Waals surface area contributed by atoms with Gasteiger partial charge in [-0.3, -0.25) is 9.97 Å². The molecule has 1 aromatic carbocycles. The Labute approximate surface area is 174 Å². The van der Waals surface area contributed by atoms with Gasteiger partial charge >= 0.3 is 0 Å². The van der Waals surface area contributed by atoms with Gasteiger partial charge in [0, 0.05) is 53.9 Å². The van der Waals surface area contributed by atoms with Crippen LogP contribution >= 0.6 is 0 Å². The summed E-state index contributed by atoms with van der Waals surface area (Å²) in [5.74, 6) is 1.34. The van der Waals surface area contributed by atoms with E-state index in [1.54, 1.807) is 12.4 Å². The summed E-state index contributed by atoms with van der Waals surface area (Å²) in [4.78, 5) is 21.5. The second-order valence-corrected chi connectivity index (χ2v) is 7.08. The fourth-order valence-electron chi connectivity index (χ4n) is 3.52. The summed E-state index contributed by atoms with van der Waals surface area (Å²) in [6, 6.07) is 18.1. The number of nitrogens with zero attached hydrogens (tertiary/aromatic N) is 4. The second kappa shape index (κ2) is 7.75. The van der Waals surface area contributed by atoms with Crippen LogP contribution in [0.25, 0.3) is 33.7 Å². The summed E-state index contributed by atoms with van der Waals surface area (Å²) in [7, 11) is 0. The van der Waals surface area contributed by atoms with E-state index in [1.165, 1.54) is 10.9 Å². The third-order valence-corrected chi connectivity index (χ3v) is 5.05. The number of benzene rings is 1. The van der Waals surface area contributed by atoms with Crippen molar-refractivity contribution in [2.75, 3.05) is 5.32 Å². The molecule has 4 heterocycles. The lowest BCUT2D eigenvalue weighted by molar-refractivity contribution is 1.08. The molecule has 0 amide bonds. The maximum atomic E-state index is 4.77. The Kier molecular flexibility index (Phi) is 4.65. The number of nitrogens with one attached hydrogen (secondary N) is 2. The number of aryl methyl sites for hydroxylation is 1. The lowest BCUT2D eigenvalue weighted by atomic mass is 10.1. The van der Waals surface area contributed by atoms with E-state index in [1.807, 2.05) is 49.6 Å². The van der Waals surface area contributed by atoms with E-state index >= 15 is 0 Å². The molecular formula is C24H20N6. The highest BCUT2D eigenvalue weighted by Crippen LogP contribution is 2.25. The molecule has 6 nitrogen and oxygen atoms in total. The molecule has 0 aliphatic carbocycles. The topological polar surface area (TPSA) is 79.4 Å². The molecule has 0 bridgehead atoms. The Hall–Kier alpha value is -4.06. The zero-order valence-corrected chi connectivity index (χ0v) is 16.5. The zero-order valence-electron chi connectivity index (χ0n) is 16.5. The molecule has 0 fully saturated rings. The van der Waals surface area contributed by atoms with Crippen LogP contribution in [-0.4, -0.2) is 24.9 Å². The maximum Gasteiger partial charge on any atom is 0.181 e. The molecule has 4 aromatic heterocycles. The van der Waals surface area contributed by atoms with Gasteiger partial charge in [-0.2, -0.15) is 0 Å². The van der Waals surface area contributed by atoms with Crippen LogP contribution in [-0.2, 0) is 6.54 Å². The molecule has 0 aliphatic rings. The Bertz CT molecular complexity index is 1310. The number of hydrogen-bond donors (Lipinski definition) is 2. The van der Waals surface area contributed by atoms with E-state index in [0.29, 0.717) is 12.4 Å². The molecule has 0 saturated carbocycles. The number of anilines is 1. The molecule has 0 spiro atoms. The van der Waals surface area contributed by atoms with Gasteiger partial charge in [-0.15, -0.1) is 0 Å². The molecule has 0 unspecified atom stereocenters. The largest absolute Gasteiger partial charge is 0.366 e. The van der Waals surface area contributed by atoms with Gasteiger partial charge in [-0.05, 0) is 48.4 Å². The van der Waals surface area contributed by atoms with Crippen LogP contribution in [0.3, 0.4) is 0 Å². The summed E-state index contributed by atoms with van der Waals surface area (Å²) in [6.07, 6.45) is 7.29. The molecule has 6 heteroatoms. The summed E-state index contributed by atoms with van der Waals surface area (Å²) in [5.41, 5.74) is 5.87. The molecule has 0 atom stereocenters. The maximum absolute atomic E-state index is 4.77. The Morgan fingerprint density at radius 2 is 1.90 bits per heavy atom. The minimum Gasteiger partial charge on any atom is -0.366 e. The van der Waals surface area contributed by atoms with Crippen LogP contribution < -0.4 is 5.32 Å². The summed E-state index contributed by atoms with van der Waals surface area (Å²) < 4.78 is 0. The summed E-state index contributed by atoms with van der Waals surface area (Å²) >= 11 is 0. The number of aromatic nitrogens is 5. The third-order valence-electron chi connectivity index (χ3n) is 5.05. The quantitative estimate of drug-likeness (QED) is 0.440. The van der Waals surface area contributed by atoms with Crippen LogP contribution in [0.2, 0.25) is 0 Å². The Morgan fingerprint density at radius 3 is 2.77 bits per heavy atom. The molecule has 2 N–H and O–H groups in total. The number of H-pyrrole nitrogens is 1. The predicted molar refractivity (Wildman–Crippen MR) is 119 cm³/mol. The monoisotopic (exact) mass is 392 g/mol. The van der Waals surface area contributed by atoms with Crippen molar-refractivity contribution in [3.05, 3.63) is 90.5 Å². The van der Waals surface area contributed by atoms with Gasteiger partial charge in [-0.1, -0.05) is 18.2 Å². The smallest absolute Gasteiger partial charge is 0.181 e. The van der Waals surface area contributed by atoms with Crippen molar-refractivity contribution >= 4 is 16.7 Å². The molecule has 5 rings (SSSR count). The van der Waals surface area contributed by atoms with Gasteiger partial charge in [-0.25, -0.2) is 9.97 Å². The van der Waals surface area contributed by atoms with E-state index in [0.717, 1.165) is 33.8 Å². The molecule has 0 saturated heterocycles. The molecule has 30 heavy (non-hydrogen) atoms. The van der Waals surface area contributed by atoms with Crippen molar-refractivity contribution in [1.29, 1.82) is 0 Å². The Balaban J connectivity index is 1.54. The normalized spacial score (nSPS) is 11.0. The summed E-state index contributed by atoms with van der Waals surface area (Å²) in [6.45, 7) is 2.67. The van der Waals surface area contributed by atoms with Crippen molar-refractivity contribution in [3.8, 4) is 22.8 Å². The zero-order chi connectivity index (χ0) is 20.3. The first-order valence-corrected chi connectivity index (χ1v) is 9.78. The van der Waals surface area contributed by atoms with E-state index < -0.39 is 0 Å². The minimum absolute atomic E-state index is 0.594. The van der Waals surface area contributed by atoms with Gasteiger partial charge < -0.3 is 10.3 Å². The predicted octanol–water partition coefficient (Wildman–Crippen LogP) is 5.00. The number of rotatable bonds is 5. The molecule has 5 aromatic rings. The van der Waals surface area contributed by atoms with Crippen molar-refractivity contribution < 1.29 is 0 Å². The van der Waals surface area contributed by atoms with Crippen LogP contribution in [0.4, 0.5) is 5.82 Å². The van der Waals surface area contributed by atoms with Crippen LogP contribution in [0.15, 0.2) is 79.4 Å². The number of fused-ring (bicyclic) bond motifs is 1. The van der Waals surface area contributed by atoms with Crippen molar-refractivity contribution in [2.45, 2.75) is 13.5 Å². The number of pyridine rings is 2. The molecule has 0 radical (unpaired) electrons. The van der Waals surface area contributed by atoms with E-state index in [9.17, 15) is 0 Å². The average Bonchev–Trinajstić information content (AvgIpc) is 3.28. The van der Waals surface area contributed by atoms with Crippen LogP contribution in [0, 0.1) is 6.92 Å². The van der Waals surface area contributed by atoms with Crippen LogP contribution in [0.1, 0.15) is 11.1 Å². The third kappa shape index (κ3) is 3.51. The highest BCUT2D eigenvalue weighted by Gasteiger charge is 2.12. The first-order valence-electron chi connectivity index (χ1n) is 9.78. The average molecular weight is 392 g/mol. The van der Waals surface area contributed by atoms with Crippen LogP contribution in [0.5, 0.6) is 0 Å². The van der Waals surface area contributed by atoms with Crippen molar-refractivity contribution in [2.24, 2.45) is 0 Å². The van der Waals surface area contributed by atoms with E-state index in [2.05, 4.69) is 44.5 Å². The fourth-order valence-corrected chi connectivity index (χ4v) is 3.52. The van der Waals surface area contributed by atoms with Gasteiger partial charge in [0.05, 0.1) is 5.69 Å². The van der Waals surface area contributed by atoms with Gasteiger partial charge in [0.15, 0.2) is 5.82 Å². The van der Waals surface area contributed by atoms with Crippen molar-refractivity contribution in [1.82, 2.24) is 24.9 Å². The first-order chi connectivity index (χ1) is 14.8. The SMILES string of the molecule is Cc1cccnc1-c1nc(NCc2cccc3[nH]ccc23)cc(-c2cccnc2)n1. The summed E-state index contributed by atoms with van der Waals surface area (Å²) in [5, 5.41) is 4.67.